The van der Waals surface area contributed by atoms with E-state index in [1.165, 1.54) is 0 Å². The third kappa shape index (κ3) is 4.33. The first kappa shape index (κ1) is 15.0. The average molecular weight is 308 g/mol. The first-order valence-electron chi connectivity index (χ1n) is 6.25. The second-order valence-electron chi connectivity index (χ2n) is 4.04. The molecule has 1 aromatic carbocycles. The summed E-state index contributed by atoms with van der Waals surface area (Å²) < 4.78 is 0. The predicted molar refractivity (Wildman–Crippen MR) is 81.9 cm³/mol. The lowest BCUT2D eigenvalue weighted by Crippen LogP contribution is -2.23. The number of thiazole rings is 1. The smallest absolute Gasteiger partial charge is 0.274 e. The van der Waals surface area contributed by atoms with Gasteiger partial charge in [-0.2, -0.15) is 0 Å². The lowest BCUT2D eigenvalue weighted by Gasteiger charge is -2.04. The molecule has 0 radical (unpaired) electrons. The highest BCUT2D eigenvalue weighted by Gasteiger charge is 2.05. The van der Waals surface area contributed by atoms with Gasteiger partial charge in [0.1, 0.15) is 0 Å². The van der Waals surface area contributed by atoms with E-state index >= 15 is 0 Å². The van der Waals surface area contributed by atoms with Gasteiger partial charge in [0.15, 0.2) is 0 Å². The van der Waals surface area contributed by atoms with Crippen molar-refractivity contribution in [3.63, 3.8) is 0 Å². The van der Waals surface area contributed by atoms with Crippen LogP contribution >= 0.6 is 23.1 Å². The Morgan fingerprint density at radius 2 is 2.15 bits per heavy atom. The van der Waals surface area contributed by atoms with Crippen LogP contribution in [-0.2, 0) is 10.6 Å². The van der Waals surface area contributed by atoms with Crippen molar-refractivity contribution >= 4 is 29.0 Å². The van der Waals surface area contributed by atoms with Crippen LogP contribution in [0.2, 0.25) is 0 Å². The maximum absolute atomic E-state index is 11.6. The summed E-state index contributed by atoms with van der Waals surface area (Å²) in [6.45, 7) is 4.28. The van der Waals surface area contributed by atoms with Gasteiger partial charge in [-0.15, -0.1) is 23.1 Å². The van der Waals surface area contributed by atoms with E-state index in [9.17, 15) is 4.79 Å². The third-order valence-electron chi connectivity index (χ3n) is 2.48. The number of carbonyl (C=O) groups is 1. The molecule has 6 heteroatoms. The first-order valence-corrected chi connectivity index (χ1v) is 8.11. The third-order valence-corrected chi connectivity index (χ3v) is 4.35. The fourth-order valence-electron chi connectivity index (χ4n) is 1.53. The van der Waals surface area contributed by atoms with Gasteiger partial charge in [-0.3, -0.25) is 9.63 Å². The normalized spacial score (nSPS) is 10.5. The molecule has 0 aliphatic heterocycles. The van der Waals surface area contributed by atoms with Crippen LogP contribution in [0.25, 0.3) is 0 Å². The van der Waals surface area contributed by atoms with Crippen LogP contribution in [0.5, 0.6) is 0 Å². The average Bonchev–Trinajstić information content (AvgIpc) is 2.89. The summed E-state index contributed by atoms with van der Waals surface area (Å²) in [7, 11) is 0. The van der Waals surface area contributed by atoms with E-state index in [-0.39, 0.29) is 5.91 Å². The van der Waals surface area contributed by atoms with Crippen LogP contribution in [0.1, 0.15) is 28.0 Å². The second-order valence-corrected chi connectivity index (χ2v) is 6.15. The van der Waals surface area contributed by atoms with Gasteiger partial charge in [0.2, 0.25) is 0 Å². The lowest BCUT2D eigenvalue weighted by atomic mass is 10.2. The molecule has 0 saturated heterocycles. The fourth-order valence-corrected chi connectivity index (χ4v) is 3.04. The van der Waals surface area contributed by atoms with E-state index < -0.39 is 0 Å². The first-order chi connectivity index (χ1) is 9.69. The molecule has 0 unspecified atom stereocenters. The Morgan fingerprint density at radius 1 is 1.40 bits per heavy atom. The molecule has 0 aliphatic rings. The molecule has 1 amide bonds. The maximum atomic E-state index is 11.6. The van der Waals surface area contributed by atoms with Gasteiger partial charge >= 0.3 is 0 Å². The van der Waals surface area contributed by atoms with Gasteiger partial charge in [-0.1, -0.05) is 0 Å². The van der Waals surface area contributed by atoms with Gasteiger partial charge in [-0.05, 0) is 38.1 Å². The van der Waals surface area contributed by atoms with Crippen molar-refractivity contribution in [1.29, 1.82) is 0 Å². The quantitative estimate of drug-likeness (QED) is 0.656. The van der Waals surface area contributed by atoms with Crippen LogP contribution in [0, 0.1) is 6.92 Å². The van der Waals surface area contributed by atoms with Crippen molar-refractivity contribution in [3.8, 4) is 0 Å². The molecule has 1 heterocycles. The zero-order valence-electron chi connectivity index (χ0n) is 11.4. The van der Waals surface area contributed by atoms with Crippen LogP contribution in [0.3, 0.4) is 0 Å². The molecule has 0 fully saturated rings. The van der Waals surface area contributed by atoms with Crippen LogP contribution in [-0.4, -0.2) is 17.5 Å². The molecule has 2 aromatic rings. The number of aromatic nitrogens is 1. The molecular weight excluding hydrogens is 292 g/mol. The molecule has 0 bridgehead atoms. The Kier molecular flexibility index (Phi) is 5.58. The highest BCUT2D eigenvalue weighted by atomic mass is 32.2. The summed E-state index contributed by atoms with van der Waals surface area (Å²) >= 11 is 3.37. The maximum Gasteiger partial charge on any atom is 0.274 e. The van der Waals surface area contributed by atoms with Gasteiger partial charge < -0.3 is 0 Å². The molecule has 4 nitrogen and oxygen atoms in total. The van der Waals surface area contributed by atoms with E-state index in [2.05, 4.69) is 15.8 Å². The molecule has 2 rings (SSSR count). The Bertz CT molecular complexity index is 567. The Morgan fingerprint density at radius 3 is 2.75 bits per heavy atom. The van der Waals surface area contributed by atoms with Crippen LogP contribution in [0.4, 0.5) is 0 Å². The number of thioether (sulfide) groups is 1. The second kappa shape index (κ2) is 7.42. The highest BCUT2D eigenvalue weighted by molar-refractivity contribution is 7.98. The largest absolute Gasteiger partial charge is 0.274 e. The van der Waals surface area contributed by atoms with Gasteiger partial charge in [0.25, 0.3) is 5.91 Å². The minimum absolute atomic E-state index is 0.224. The monoisotopic (exact) mass is 308 g/mol. The molecule has 0 saturated carbocycles. The standard InChI is InChI=1S/C14H16N2O2S2/c1-3-18-16-14(17)11-4-6-13(7-5-11)20-9-12-8-19-10(2)15-12/h4-8H,3,9H2,1-2H3,(H,16,17). The molecule has 0 spiro atoms. The van der Waals surface area contributed by atoms with Crippen molar-refractivity contribution in [3.05, 3.63) is 45.9 Å². The molecule has 1 aromatic heterocycles. The summed E-state index contributed by atoms with van der Waals surface area (Å²) in [5.74, 6) is 0.619. The van der Waals surface area contributed by atoms with Gasteiger partial charge in [0, 0.05) is 21.6 Å². The minimum atomic E-state index is -0.224. The molecule has 0 aliphatic carbocycles. The van der Waals surface area contributed by atoms with Crippen molar-refractivity contribution in [2.75, 3.05) is 6.61 Å². The number of aryl methyl sites for hydroxylation is 1. The van der Waals surface area contributed by atoms with Crippen LogP contribution in [0.15, 0.2) is 34.5 Å². The Hall–Kier alpha value is -1.37. The number of nitrogens with zero attached hydrogens (tertiary/aromatic N) is 1. The van der Waals surface area contributed by atoms with E-state index in [0.717, 1.165) is 21.3 Å². The number of rotatable bonds is 6. The SMILES string of the molecule is CCONC(=O)c1ccc(SCc2csc(C)n2)cc1. The van der Waals surface area contributed by atoms with Gasteiger partial charge in [-0.25, -0.2) is 10.5 Å². The molecule has 106 valence electrons. The summed E-state index contributed by atoms with van der Waals surface area (Å²) in [6, 6.07) is 7.46. The van der Waals surface area contributed by atoms with Crippen molar-refractivity contribution in [2.24, 2.45) is 0 Å². The van der Waals surface area contributed by atoms with Crippen molar-refractivity contribution < 1.29 is 9.63 Å². The number of benzene rings is 1. The number of carbonyl (C=O) groups excluding carboxylic acids is 1. The summed E-state index contributed by atoms with van der Waals surface area (Å²) in [5, 5.41) is 3.16. The molecule has 0 atom stereocenters. The Labute approximate surface area is 126 Å². The zero-order chi connectivity index (χ0) is 14.4. The highest BCUT2D eigenvalue weighted by Crippen LogP contribution is 2.23. The van der Waals surface area contributed by atoms with E-state index in [1.807, 2.05) is 26.0 Å². The van der Waals surface area contributed by atoms with E-state index in [1.54, 1.807) is 35.2 Å². The number of hydrogen-bond donors (Lipinski definition) is 1. The van der Waals surface area contributed by atoms with E-state index in [4.69, 9.17) is 4.84 Å². The van der Waals surface area contributed by atoms with Crippen molar-refractivity contribution in [1.82, 2.24) is 10.5 Å². The van der Waals surface area contributed by atoms with E-state index in [0.29, 0.717) is 12.2 Å². The number of hydrogen-bond acceptors (Lipinski definition) is 5. The summed E-state index contributed by atoms with van der Waals surface area (Å²) in [6.07, 6.45) is 0. The fraction of sp³-hybridized carbons (Fsp3) is 0.286. The number of nitrogens with one attached hydrogen (secondary N) is 1. The number of hydroxylamine groups is 1. The minimum Gasteiger partial charge on any atom is -0.274 e. The number of amides is 1. The molecule has 20 heavy (non-hydrogen) atoms. The lowest BCUT2D eigenvalue weighted by molar-refractivity contribution is 0.0364. The topological polar surface area (TPSA) is 51.2 Å². The summed E-state index contributed by atoms with van der Waals surface area (Å²) in [4.78, 5) is 22.1. The predicted octanol–water partition coefficient (Wildman–Crippen LogP) is 3.43. The van der Waals surface area contributed by atoms with Gasteiger partial charge in [0.05, 0.1) is 17.3 Å². The van der Waals surface area contributed by atoms with Crippen LogP contribution < -0.4 is 5.48 Å². The van der Waals surface area contributed by atoms with Crippen molar-refractivity contribution in [2.45, 2.75) is 24.5 Å². The molecular formula is C14H16N2O2S2. The zero-order valence-corrected chi connectivity index (χ0v) is 13.0. The summed E-state index contributed by atoms with van der Waals surface area (Å²) in [5.41, 5.74) is 4.06. The Balaban J connectivity index is 1.89. The molecule has 1 N–H and O–H groups in total.